The first kappa shape index (κ1) is 11.4. The van der Waals surface area contributed by atoms with Gasteiger partial charge in [0.05, 0.1) is 13.2 Å². The van der Waals surface area contributed by atoms with Gasteiger partial charge in [-0.15, -0.1) is 0 Å². The number of aliphatic hydroxyl groups is 4. The summed E-state index contributed by atoms with van der Waals surface area (Å²) >= 11 is 0. The van der Waals surface area contributed by atoms with Crippen molar-refractivity contribution in [2.45, 2.75) is 12.4 Å². The van der Waals surface area contributed by atoms with Gasteiger partial charge in [0.15, 0.2) is 0 Å². The van der Waals surface area contributed by atoms with E-state index in [1.54, 1.807) is 0 Å². The number of ether oxygens (including phenoxy) is 1. The largest absolute Gasteiger partial charge is 0.394 e. The lowest BCUT2D eigenvalue weighted by Gasteiger charge is -2.08. The summed E-state index contributed by atoms with van der Waals surface area (Å²) in [6.45, 7) is -0.985. The van der Waals surface area contributed by atoms with Crippen LogP contribution in [0, 0.1) is 11.8 Å². The Kier molecular flexibility index (Phi) is 6.66. The van der Waals surface area contributed by atoms with Crippen molar-refractivity contribution in [3.8, 4) is 11.8 Å². The van der Waals surface area contributed by atoms with Gasteiger partial charge >= 0.3 is 0 Å². The Bertz CT molecular complexity index is 159. The van der Waals surface area contributed by atoms with Gasteiger partial charge in [0.1, 0.15) is 12.7 Å². The Morgan fingerprint density at radius 2 is 1.92 bits per heavy atom. The quantitative estimate of drug-likeness (QED) is 0.285. The van der Waals surface area contributed by atoms with E-state index in [0.717, 1.165) is 0 Å². The van der Waals surface area contributed by atoms with E-state index in [2.05, 4.69) is 16.6 Å². The third-order valence-electron chi connectivity index (χ3n) is 0.962. The molecule has 0 radical (unpaired) electrons. The van der Waals surface area contributed by atoms with Crippen LogP contribution in [0.15, 0.2) is 0 Å². The van der Waals surface area contributed by atoms with Crippen LogP contribution >= 0.6 is 0 Å². The number of aliphatic hydroxyl groups excluding tert-OH is 4. The van der Waals surface area contributed by atoms with Crippen molar-refractivity contribution in [3.05, 3.63) is 0 Å². The van der Waals surface area contributed by atoms with Crippen LogP contribution < -0.4 is 0 Å². The van der Waals surface area contributed by atoms with Crippen molar-refractivity contribution in [2.75, 3.05) is 19.8 Å². The molecule has 70 valence electrons. The summed E-state index contributed by atoms with van der Waals surface area (Å²) in [5.74, 6) is 4.33. The molecule has 0 aromatic carbocycles. The summed E-state index contributed by atoms with van der Waals surface area (Å²) in [5, 5.41) is 34.1. The fourth-order valence-electron chi connectivity index (χ4n) is 0.430. The predicted octanol–water partition coefficient (Wildman–Crippen LogP) is -2.33. The number of hydrogen-bond acceptors (Lipinski definition) is 5. The van der Waals surface area contributed by atoms with E-state index < -0.39 is 19.0 Å². The maximum absolute atomic E-state index is 8.82. The molecule has 0 aromatic heterocycles. The van der Waals surface area contributed by atoms with Gasteiger partial charge in [-0.05, 0) is 5.92 Å². The van der Waals surface area contributed by atoms with Gasteiger partial charge in [0, 0.05) is 0 Å². The molecule has 0 bridgehead atoms. The standard InChI is InChI=1S/C7H12O5/c8-3-1-2-7(11)12-5-6(10)4-9/h6-11H,3-5H2. The van der Waals surface area contributed by atoms with Gasteiger partial charge < -0.3 is 25.2 Å². The normalized spacial score (nSPS) is 14.7. The first-order chi connectivity index (χ1) is 5.70. The second kappa shape index (κ2) is 7.03. The van der Waals surface area contributed by atoms with Crippen LogP contribution in [0.4, 0.5) is 0 Å². The molecule has 2 unspecified atom stereocenters. The SMILES string of the molecule is OCC#CC(O)OCC(O)CO. The van der Waals surface area contributed by atoms with Crippen molar-refractivity contribution < 1.29 is 25.2 Å². The maximum atomic E-state index is 8.82. The molecular formula is C7H12O5. The molecule has 12 heavy (non-hydrogen) atoms. The monoisotopic (exact) mass is 176 g/mol. The lowest BCUT2D eigenvalue weighted by Crippen LogP contribution is -2.23. The molecule has 0 fully saturated rings. The highest BCUT2D eigenvalue weighted by molar-refractivity contribution is 5.01. The molecule has 0 saturated heterocycles. The molecule has 0 aromatic rings. The van der Waals surface area contributed by atoms with E-state index in [1.165, 1.54) is 0 Å². The van der Waals surface area contributed by atoms with Crippen LogP contribution in [0.25, 0.3) is 0 Å². The van der Waals surface area contributed by atoms with Crippen molar-refractivity contribution >= 4 is 0 Å². The van der Waals surface area contributed by atoms with Gasteiger partial charge in [-0.25, -0.2) is 0 Å². The molecule has 0 aliphatic carbocycles. The highest BCUT2D eigenvalue weighted by Gasteiger charge is 2.04. The zero-order valence-electron chi connectivity index (χ0n) is 6.47. The molecule has 4 N–H and O–H groups in total. The Balaban J connectivity index is 3.49. The van der Waals surface area contributed by atoms with E-state index in [-0.39, 0.29) is 13.2 Å². The molecule has 0 heterocycles. The fourth-order valence-corrected chi connectivity index (χ4v) is 0.430. The van der Waals surface area contributed by atoms with Gasteiger partial charge in [-0.2, -0.15) is 0 Å². The molecule has 0 saturated carbocycles. The summed E-state index contributed by atoms with van der Waals surface area (Å²) in [6.07, 6.45) is -2.35. The molecular weight excluding hydrogens is 164 g/mol. The first-order valence-corrected chi connectivity index (χ1v) is 3.38. The Labute approximate surface area is 70.2 Å². The Hall–Kier alpha value is -0.640. The summed E-state index contributed by atoms with van der Waals surface area (Å²) in [6, 6.07) is 0. The van der Waals surface area contributed by atoms with Crippen LogP contribution in [0.2, 0.25) is 0 Å². The van der Waals surface area contributed by atoms with Crippen molar-refractivity contribution in [1.29, 1.82) is 0 Å². The third-order valence-corrected chi connectivity index (χ3v) is 0.962. The molecule has 0 rings (SSSR count). The zero-order chi connectivity index (χ0) is 9.40. The van der Waals surface area contributed by atoms with Crippen LogP contribution in [0.1, 0.15) is 0 Å². The van der Waals surface area contributed by atoms with Crippen LogP contribution in [0.5, 0.6) is 0 Å². The minimum Gasteiger partial charge on any atom is -0.394 e. The molecule has 0 spiro atoms. The van der Waals surface area contributed by atoms with E-state index >= 15 is 0 Å². The second-order valence-corrected chi connectivity index (χ2v) is 2.00. The predicted molar refractivity (Wildman–Crippen MR) is 39.9 cm³/mol. The molecule has 2 atom stereocenters. The smallest absolute Gasteiger partial charge is 0.220 e. The van der Waals surface area contributed by atoms with Gasteiger partial charge in [-0.1, -0.05) is 5.92 Å². The number of rotatable bonds is 4. The first-order valence-electron chi connectivity index (χ1n) is 3.38. The second-order valence-electron chi connectivity index (χ2n) is 2.00. The van der Waals surface area contributed by atoms with Crippen LogP contribution in [-0.4, -0.2) is 52.6 Å². The zero-order valence-corrected chi connectivity index (χ0v) is 6.47. The maximum Gasteiger partial charge on any atom is 0.220 e. The molecule has 0 amide bonds. The summed E-state index contributed by atoms with van der Waals surface area (Å²) in [5.41, 5.74) is 0. The highest BCUT2D eigenvalue weighted by atomic mass is 16.6. The minimum absolute atomic E-state index is 0.197. The molecule has 0 aliphatic rings. The topological polar surface area (TPSA) is 90.2 Å². The van der Waals surface area contributed by atoms with E-state index in [0.29, 0.717) is 0 Å². The number of hydrogen-bond donors (Lipinski definition) is 4. The van der Waals surface area contributed by atoms with Crippen LogP contribution in [0.3, 0.4) is 0 Å². The van der Waals surface area contributed by atoms with Crippen molar-refractivity contribution in [1.82, 2.24) is 0 Å². The minimum atomic E-state index is -1.33. The van der Waals surface area contributed by atoms with Gasteiger partial charge in [0.25, 0.3) is 0 Å². The summed E-state index contributed by atoms with van der Waals surface area (Å²) < 4.78 is 4.56. The van der Waals surface area contributed by atoms with Crippen molar-refractivity contribution in [3.63, 3.8) is 0 Å². The van der Waals surface area contributed by atoms with Gasteiger partial charge in [-0.3, -0.25) is 0 Å². The Morgan fingerprint density at radius 3 is 2.42 bits per heavy atom. The van der Waals surface area contributed by atoms with E-state index in [1.807, 2.05) is 0 Å². The van der Waals surface area contributed by atoms with Gasteiger partial charge in [0.2, 0.25) is 6.29 Å². The average molecular weight is 176 g/mol. The summed E-state index contributed by atoms with van der Waals surface area (Å²) in [4.78, 5) is 0. The third kappa shape index (κ3) is 6.09. The van der Waals surface area contributed by atoms with Crippen molar-refractivity contribution in [2.24, 2.45) is 0 Å². The molecule has 5 heteroatoms. The molecule has 0 aliphatic heterocycles. The fraction of sp³-hybridized carbons (Fsp3) is 0.714. The van der Waals surface area contributed by atoms with E-state index in [9.17, 15) is 0 Å². The lowest BCUT2D eigenvalue weighted by atomic mass is 10.4. The Morgan fingerprint density at radius 1 is 1.25 bits per heavy atom. The average Bonchev–Trinajstić information content (AvgIpc) is 2.10. The van der Waals surface area contributed by atoms with Crippen LogP contribution in [-0.2, 0) is 4.74 Å². The highest BCUT2D eigenvalue weighted by Crippen LogP contribution is 1.88. The lowest BCUT2D eigenvalue weighted by molar-refractivity contribution is -0.0932. The molecule has 5 nitrogen and oxygen atoms in total. The van der Waals surface area contributed by atoms with E-state index in [4.69, 9.17) is 20.4 Å². The summed E-state index contributed by atoms with van der Waals surface area (Å²) in [7, 11) is 0.